The lowest BCUT2D eigenvalue weighted by atomic mass is 10.0. The molecule has 7 heteroatoms. The van der Waals surface area contributed by atoms with Crippen molar-refractivity contribution in [3.8, 4) is 5.75 Å². The largest absolute Gasteiger partial charge is 0.495 e. The third-order valence-corrected chi connectivity index (χ3v) is 5.70. The van der Waals surface area contributed by atoms with Gasteiger partial charge in [0.1, 0.15) is 12.3 Å². The summed E-state index contributed by atoms with van der Waals surface area (Å²) < 4.78 is 30.9. The lowest BCUT2D eigenvalue weighted by Crippen LogP contribution is -2.40. The fourth-order valence-electron chi connectivity index (χ4n) is 3.01. The predicted octanol–water partition coefficient (Wildman–Crippen LogP) is 2.90. The Balaban J connectivity index is 2.17. The zero-order chi connectivity index (χ0) is 20.7. The molecule has 152 valence electrons. The monoisotopic (exact) mass is 404 g/mol. The molecule has 0 radical (unpaired) electrons. The maximum absolute atomic E-state index is 12.5. The van der Waals surface area contributed by atoms with Crippen LogP contribution in [-0.4, -0.2) is 34.2 Å². The molecule has 1 amide bonds. The van der Waals surface area contributed by atoms with Gasteiger partial charge in [0, 0.05) is 6.54 Å². The normalized spacial score (nSPS) is 11.1. The van der Waals surface area contributed by atoms with Crippen LogP contribution in [0.5, 0.6) is 5.75 Å². The Morgan fingerprint density at radius 2 is 1.79 bits per heavy atom. The Morgan fingerprint density at radius 3 is 2.39 bits per heavy atom. The molecule has 0 aliphatic carbocycles. The summed E-state index contributed by atoms with van der Waals surface area (Å²) in [5.41, 5.74) is 3.76. The number of sulfonamides is 1. The first-order valence-corrected chi connectivity index (χ1v) is 11.1. The second-order valence-corrected chi connectivity index (χ2v) is 8.44. The summed E-state index contributed by atoms with van der Waals surface area (Å²) in [5.74, 6) is 0.0185. The summed E-state index contributed by atoms with van der Waals surface area (Å²) in [6.45, 7) is 4.20. The van der Waals surface area contributed by atoms with E-state index in [1.165, 1.54) is 18.2 Å². The van der Waals surface area contributed by atoms with Crippen LogP contribution in [0.15, 0.2) is 42.5 Å². The van der Waals surface area contributed by atoms with Crippen molar-refractivity contribution in [2.75, 3.05) is 24.2 Å². The Morgan fingerprint density at radius 1 is 1.07 bits per heavy atom. The number of amides is 1. The lowest BCUT2D eigenvalue weighted by Gasteiger charge is -2.23. The Labute approximate surface area is 167 Å². The van der Waals surface area contributed by atoms with Crippen molar-refractivity contribution in [2.24, 2.45) is 0 Å². The number of aryl methyl sites for hydroxylation is 2. The molecule has 0 spiro atoms. The summed E-state index contributed by atoms with van der Waals surface area (Å²) in [5, 5.41) is 2.85. The number of para-hydroxylation sites is 2. The highest BCUT2D eigenvalue weighted by Gasteiger charge is 2.23. The molecule has 0 aliphatic heterocycles. The van der Waals surface area contributed by atoms with Crippen LogP contribution in [-0.2, 0) is 34.2 Å². The molecule has 0 saturated carbocycles. The number of hydrogen-bond acceptors (Lipinski definition) is 4. The van der Waals surface area contributed by atoms with E-state index in [9.17, 15) is 13.2 Å². The van der Waals surface area contributed by atoms with Crippen LogP contribution < -0.4 is 14.4 Å². The van der Waals surface area contributed by atoms with Gasteiger partial charge in [0.05, 0.1) is 19.1 Å². The molecule has 28 heavy (non-hydrogen) atoms. The molecule has 2 rings (SSSR count). The van der Waals surface area contributed by atoms with Gasteiger partial charge < -0.3 is 10.1 Å². The van der Waals surface area contributed by atoms with Crippen LogP contribution in [0, 0.1) is 0 Å². The van der Waals surface area contributed by atoms with E-state index in [1.54, 1.807) is 24.3 Å². The fraction of sp³-hybridized carbons (Fsp3) is 0.381. The van der Waals surface area contributed by atoms with Crippen molar-refractivity contribution >= 4 is 21.6 Å². The summed E-state index contributed by atoms with van der Waals surface area (Å²) >= 11 is 0. The summed E-state index contributed by atoms with van der Waals surface area (Å²) in [7, 11) is -2.19. The van der Waals surface area contributed by atoms with E-state index >= 15 is 0 Å². The third kappa shape index (κ3) is 5.48. The minimum absolute atomic E-state index is 0.311. The number of rotatable bonds is 9. The molecule has 0 unspecified atom stereocenters. The maximum Gasteiger partial charge on any atom is 0.241 e. The molecule has 0 atom stereocenters. The molecule has 2 aromatic rings. The minimum Gasteiger partial charge on any atom is -0.495 e. The average Bonchev–Trinajstić information content (AvgIpc) is 2.69. The molecule has 0 heterocycles. The van der Waals surface area contributed by atoms with Gasteiger partial charge in [-0.3, -0.25) is 9.10 Å². The second kappa shape index (κ2) is 9.59. The van der Waals surface area contributed by atoms with Gasteiger partial charge in [-0.25, -0.2) is 8.42 Å². The third-order valence-electron chi connectivity index (χ3n) is 4.58. The van der Waals surface area contributed by atoms with Crippen molar-refractivity contribution in [1.29, 1.82) is 0 Å². The van der Waals surface area contributed by atoms with E-state index in [1.807, 2.05) is 0 Å². The van der Waals surface area contributed by atoms with Crippen LogP contribution in [0.2, 0.25) is 0 Å². The van der Waals surface area contributed by atoms with E-state index in [0.717, 1.165) is 29.0 Å². The number of carbonyl (C=O) groups excluding carboxylic acids is 1. The molecule has 2 aromatic carbocycles. The first-order chi connectivity index (χ1) is 13.3. The molecule has 1 N–H and O–H groups in total. The highest BCUT2D eigenvalue weighted by Crippen LogP contribution is 2.29. The molecule has 0 bridgehead atoms. The van der Waals surface area contributed by atoms with E-state index in [-0.39, 0.29) is 12.5 Å². The number of benzene rings is 2. The van der Waals surface area contributed by atoms with Gasteiger partial charge in [0.2, 0.25) is 15.9 Å². The van der Waals surface area contributed by atoms with E-state index in [2.05, 4.69) is 37.4 Å². The standard InChI is InChI=1S/C21H28N2O4S/c1-5-16-11-12-17(6-2)18(13-16)14-22-21(24)15-23(28(4,25)26)19-9-7-8-10-20(19)27-3/h7-13H,5-6,14-15H2,1-4H3,(H,22,24). The smallest absolute Gasteiger partial charge is 0.241 e. The zero-order valence-electron chi connectivity index (χ0n) is 16.9. The van der Waals surface area contributed by atoms with Gasteiger partial charge in [-0.2, -0.15) is 0 Å². The van der Waals surface area contributed by atoms with Gasteiger partial charge in [-0.1, -0.05) is 44.2 Å². The van der Waals surface area contributed by atoms with E-state index < -0.39 is 10.0 Å². The SMILES string of the molecule is CCc1ccc(CC)c(CNC(=O)CN(c2ccccc2OC)S(C)(=O)=O)c1. The number of nitrogens with one attached hydrogen (secondary N) is 1. The molecule has 0 fully saturated rings. The number of nitrogens with zero attached hydrogens (tertiary/aromatic N) is 1. The highest BCUT2D eigenvalue weighted by atomic mass is 32.2. The molecular weight excluding hydrogens is 376 g/mol. The number of hydrogen-bond donors (Lipinski definition) is 1. The Hall–Kier alpha value is -2.54. The minimum atomic E-state index is -3.66. The first kappa shape index (κ1) is 21.8. The molecule has 6 nitrogen and oxygen atoms in total. The fourth-order valence-corrected chi connectivity index (χ4v) is 3.87. The number of methoxy groups -OCH3 is 1. The van der Waals surface area contributed by atoms with Gasteiger partial charge >= 0.3 is 0 Å². The van der Waals surface area contributed by atoms with Crippen molar-refractivity contribution in [3.05, 3.63) is 59.2 Å². The second-order valence-electron chi connectivity index (χ2n) is 6.53. The topological polar surface area (TPSA) is 75.7 Å². The van der Waals surface area contributed by atoms with Crippen molar-refractivity contribution in [2.45, 2.75) is 33.2 Å². The number of anilines is 1. The average molecular weight is 405 g/mol. The van der Waals surface area contributed by atoms with Crippen LogP contribution in [0.4, 0.5) is 5.69 Å². The molecule has 0 aliphatic rings. The highest BCUT2D eigenvalue weighted by molar-refractivity contribution is 7.92. The van der Waals surface area contributed by atoms with Crippen molar-refractivity contribution in [3.63, 3.8) is 0 Å². The van der Waals surface area contributed by atoms with Crippen LogP contribution >= 0.6 is 0 Å². The number of ether oxygens (including phenoxy) is 1. The Kier molecular flexibility index (Phi) is 7.45. The van der Waals surface area contributed by atoms with E-state index in [4.69, 9.17) is 4.74 Å². The van der Waals surface area contributed by atoms with E-state index in [0.29, 0.717) is 18.0 Å². The van der Waals surface area contributed by atoms with Gasteiger partial charge in [0.15, 0.2) is 0 Å². The van der Waals surface area contributed by atoms with Crippen LogP contribution in [0.25, 0.3) is 0 Å². The Bertz CT molecular complexity index is 926. The summed E-state index contributed by atoms with van der Waals surface area (Å²) in [6.07, 6.45) is 2.86. The predicted molar refractivity (Wildman–Crippen MR) is 112 cm³/mol. The molecular formula is C21H28N2O4S. The lowest BCUT2D eigenvalue weighted by molar-refractivity contribution is -0.119. The zero-order valence-corrected chi connectivity index (χ0v) is 17.7. The van der Waals surface area contributed by atoms with Crippen LogP contribution in [0.1, 0.15) is 30.5 Å². The number of carbonyl (C=O) groups is 1. The quantitative estimate of drug-likeness (QED) is 0.697. The molecule has 0 aromatic heterocycles. The van der Waals surface area contributed by atoms with Gasteiger partial charge in [-0.05, 0) is 41.7 Å². The maximum atomic E-state index is 12.5. The summed E-state index contributed by atoms with van der Waals surface area (Å²) in [4.78, 5) is 12.5. The first-order valence-electron chi connectivity index (χ1n) is 9.28. The van der Waals surface area contributed by atoms with Crippen LogP contribution in [0.3, 0.4) is 0 Å². The van der Waals surface area contributed by atoms with Gasteiger partial charge in [0.25, 0.3) is 0 Å². The summed E-state index contributed by atoms with van der Waals surface area (Å²) in [6, 6.07) is 13.0. The van der Waals surface area contributed by atoms with Crippen molar-refractivity contribution < 1.29 is 17.9 Å². The van der Waals surface area contributed by atoms with Crippen molar-refractivity contribution in [1.82, 2.24) is 5.32 Å². The molecule has 0 saturated heterocycles. The van der Waals surface area contributed by atoms with Gasteiger partial charge in [-0.15, -0.1) is 0 Å².